The molecule has 3 atom stereocenters. The van der Waals surface area contributed by atoms with Gasteiger partial charge in [0, 0.05) is 45.8 Å². The Morgan fingerprint density at radius 1 is 0.312 bits per heavy atom. The molecule has 0 heterocycles. The molecule has 452 valence electrons. The van der Waals surface area contributed by atoms with Gasteiger partial charge in [-0.15, -0.1) is 0 Å². The molecule has 0 rings (SSSR count). The summed E-state index contributed by atoms with van der Waals surface area (Å²) in [6, 6.07) is 0. The van der Waals surface area contributed by atoms with E-state index in [9.17, 15) is 15.3 Å². The maximum Gasteiger partial charge on any atom is 0.0667 e. The second kappa shape index (κ2) is 65.0. The number of allylic oxidation sites excluding steroid dienone is 12. The summed E-state index contributed by atoms with van der Waals surface area (Å²) in [4.78, 5) is 4.68. The van der Waals surface area contributed by atoms with Gasteiger partial charge in [-0.2, -0.15) is 0 Å². The molecule has 0 aromatic rings. The highest BCUT2D eigenvalue weighted by Crippen LogP contribution is 2.16. The highest BCUT2D eigenvalue weighted by atomic mass is 16.3. The Morgan fingerprint density at radius 3 is 0.896 bits per heavy atom. The Hall–Kier alpha value is -1.80. The van der Waals surface area contributed by atoms with Crippen molar-refractivity contribution >= 4 is 0 Å². The predicted octanol–water partition coefficient (Wildman–Crippen LogP) is 19.8. The highest BCUT2D eigenvalue weighted by Gasteiger charge is 2.17. The Bertz CT molecular complexity index is 1250. The minimum Gasteiger partial charge on any atom is -0.392 e. The smallest absolute Gasteiger partial charge is 0.0667 e. The third kappa shape index (κ3) is 63.3. The lowest BCUT2D eigenvalue weighted by Gasteiger charge is -2.29. The lowest BCUT2D eigenvalue weighted by molar-refractivity contribution is 0.0563. The van der Waals surface area contributed by atoms with E-state index in [0.717, 1.165) is 84.0 Å². The van der Waals surface area contributed by atoms with E-state index in [1.165, 1.54) is 231 Å². The van der Waals surface area contributed by atoms with E-state index in [2.05, 4.69) is 116 Å². The van der Waals surface area contributed by atoms with Crippen molar-refractivity contribution in [1.82, 2.24) is 15.1 Å². The monoisotopic (exact) mass is 1080 g/mol. The Kier molecular flexibility index (Phi) is 63.5. The van der Waals surface area contributed by atoms with Crippen LogP contribution in [0.4, 0.5) is 0 Å². The summed E-state index contributed by atoms with van der Waals surface area (Å²) in [6.07, 6.45) is 82.9. The van der Waals surface area contributed by atoms with E-state index in [1.54, 1.807) is 0 Å². The topological polar surface area (TPSA) is 79.2 Å². The maximum absolute atomic E-state index is 11.2. The van der Waals surface area contributed by atoms with Gasteiger partial charge >= 0.3 is 0 Å². The molecule has 0 amide bonds. The van der Waals surface area contributed by atoms with Crippen LogP contribution in [0, 0.1) is 0 Å². The van der Waals surface area contributed by atoms with E-state index in [1.807, 2.05) is 0 Å². The summed E-state index contributed by atoms with van der Waals surface area (Å²) in [5.74, 6) is 0. The van der Waals surface area contributed by atoms with Crippen LogP contribution in [-0.4, -0.2) is 96.3 Å². The SMILES string of the molecule is CCCCCCC/C=C\C/C=C\CCCCCCCCC(O)CNCCN(C)CCN(CC(O)CCCCCCCC/C=C\C/C=C\CCCCCCC)CC(O)CCCCCCCC/C=C\C/C=C\CCCCCCC. The first-order chi connectivity index (χ1) is 37.9. The molecule has 77 heavy (non-hydrogen) atoms. The van der Waals surface area contributed by atoms with Crippen molar-refractivity contribution in [2.45, 2.75) is 328 Å². The van der Waals surface area contributed by atoms with Crippen molar-refractivity contribution in [2.75, 3.05) is 52.9 Å². The van der Waals surface area contributed by atoms with Crippen LogP contribution in [0.25, 0.3) is 0 Å². The van der Waals surface area contributed by atoms with Crippen molar-refractivity contribution in [1.29, 1.82) is 0 Å². The van der Waals surface area contributed by atoms with Crippen LogP contribution >= 0.6 is 0 Å². The third-order valence-corrected chi connectivity index (χ3v) is 15.5. The molecule has 0 aliphatic heterocycles. The number of likely N-dealkylation sites (N-methyl/N-ethyl adjacent to an activating group) is 1. The maximum atomic E-state index is 11.2. The van der Waals surface area contributed by atoms with Crippen molar-refractivity contribution in [3.63, 3.8) is 0 Å². The zero-order valence-electron chi connectivity index (χ0n) is 52.2. The van der Waals surface area contributed by atoms with Gasteiger partial charge in [0.05, 0.1) is 18.3 Å². The van der Waals surface area contributed by atoms with Gasteiger partial charge < -0.3 is 25.5 Å². The third-order valence-electron chi connectivity index (χ3n) is 15.5. The van der Waals surface area contributed by atoms with Crippen molar-refractivity contribution in [3.05, 3.63) is 72.9 Å². The number of aliphatic hydroxyl groups excluding tert-OH is 3. The molecular formula is C71H135N3O3. The van der Waals surface area contributed by atoms with Crippen LogP contribution in [-0.2, 0) is 0 Å². The largest absolute Gasteiger partial charge is 0.392 e. The lowest BCUT2D eigenvalue weighted by Crippen LogP contribution is -2.43. The number of hydrogen-bond donors (Lipinski definition) is 4. The fourth-order valence-electron chi connectivity index (χ4n) is 10.3. The molecule has 3 unspecified atom stereocenters. The van der Waals surface area contributed by atoms with Crippen molar-refractivity contribution in [3.8, 4) is 0 Å². The molecule has 0 aliphatic carbocycles. The van der Waals surface area contributed by atoms with Crippen LogP contribution in [0.3, 0.4) is 0 Å². The number of aliphatic hydroxyl groups is 3. The molecule has 0 fully saturated rings. The molecule has 0 saturated heterocycles. The van der Waals surface area contributed by atoms with Crippen LogP contribution in [0.5, 0.6) is 0 Å². The van der Waals surface area contributed by atoms with Crippen LogP contribution in [0.2, 0.25) is 0 Å². The lowest BCUT2D eigenvalue weighted by atomic mass is 10.0. The van der Waals surface area contributed by atoms with E-state index in [-0.39, 0.29) is 18.3 Å². The van der Waals surface area contributed by atoms with Gasteiger partial charge in [0.15, 0.2) is 0 Å². The molecular weight excluding hydrogens is 943 g/mol. The van der Waals surface area contributed by atoms with Gasteiger partial charge in [-0.3, -0.25) is 4.90 Å². The summed E-state index contributed by atoms with van der Waals surface area (Å²) in [5.41, 5.74) is 0. The number of nitrogens with zero attached hydrogens (tertiary/aromatic N) is 2. The molecule has 0 spiro atoms. The van der Waals surface area contributed by atoms with Crippen LogP contribution < -0.4 is 5.32 Å². The van der Waals surface area contributed by atoms with E-state index in [0.29, 0.717) is 19.6 Å². The first kappa shape index (κ1) is 75.2. The van der Waals surface area contributed by atoms with Gasteiger partial charge in [0.25, 0.3) is 0 Å². The molecule has 4 N–H and O–H groups in total. The molecule has 0 aromatic carbocycles. The Labute approximate surface area is 482 Å². The number of rotatable bonds is 63. The van der Waals surface area contributed by atoms with E-state index >= 15 is 0 Å². The minimum absolute atomic E-state index is 0.280. The fraction of sp³-hybridized carbons (Fsp3) is 0.831. The molecule has 0 radical (unpaired) electrons. The second-order valence-corrected chi connectivity index (χ2v) is 23.5. The zero-order valence-corrected chi connectivity index (χ0v) is 52.2. The summed E-state index contributed by atoms with van der Waals surface area (Å²) in [5, 5.41) is 36.5. The molecule has 0 aliphatic rings. The normalized spacial score (nSPS) is 13.8. The molecule has 6 heteroatoms. The Balaban J connectivity index is 4.45. The predicted molar refractivity (Wildman–Crippen MR) is 344 cm³/mol. The summed E-state index contributed by atoms with van der Waals surface area (Å²) < 4.78 is 0. The van der Waals surface area contributed by atoms with Gasteiger partial charge in [0.2, 0.25) is 0 Å². The summed E-state index contributed by atoms with van der Waals surface area (Å²) >= 11 is 0. The van der Waals surface area contributed by atoms with Crippen LogP contribution in [0.15, 0.2) is 72.9 Å². The summed E-state index contributed by atoms with van der Waals surface area (Å²) in [7, 11) is 2.17. The molecule has 0 bridgehead atoms. The highest BCUT2D eigenvalue weighted by molar-refractivity contribution is 4.94. The average molecular weight is 1080 g/mol. The average Bonchev–Trinajstić information content (AvgIpc) is 3.42. The summed E-state index contributed by atoms with van der Waals surface area (Å²) in [6.45, 7) is 12.3. The molecule has 0 saturated carbocycles. The minimum atomic E-state index is -0.355. The van der Waals surface area contributed by atoms with Crippen molar-refractivity contribution in [2.24, 2.45) is 0 Å². The number of hydrogen-bond acceptors (Lipinski definition) is 6. The van der Waals surface area contributed by atoms with E-state index in [4.69, 9.17) is 0 Å². The second-order valence-electron chi connectivity index (χ2n) is 23.5. The standard InChI is InChI=1S/C71H135N3O3/c1-5-8-11-14-17-20-23-26-29-32-35-38-41-44-47-50-53-56-59-69(75)66-72-62-63-73(4)64-65-74(67-70(76)60-57-54-51-48-45-42-39-36-33-30-27-24-21-18-15-12-9-6-2)68-71(77)61-58-55-52-49-46-43-40-37-34-31-28-25-22-19-16-13-10-7-3/h23-28,32-37,69-72,75-77H,5-22,29-31,38-68H2,1-4H3/b26-23-,27-24-,28-25-,35-32-,36-33-,37-34-. The van der Waals surface area contributed by atoms with Crippen LogP contribution in [0.1, 0.15) is 310 Å². The first-order valence-corrected chi connectivity index (χ1v) is 34.0. The number of unbranched alkanes of at least 4 members (excludes halogenated alkanes) is 33. The Morgan fingerprint density at radius 2 is 0.584 bits per heavy atom. The zero-order chi connectivity index (χ0) is 55.8. The number of nitrogens with one attached hydrogen (secondary N) is 1. The first-order valence-electron chi connectivity index (χ1n) is 34.0. The van der Waals surface area contributed by atoms with E-state index < -0.39 is 0 Å². The van der Waals surface area contributed by atoms with Gasteiger partial charge in [0.1, 0.15) is 0 Å². The fourth-order valence-corrected chi connectivity index (χ4v) is 10.3. The van der Waals surface area contributed by atoms with Gasteiger partial charge in [-0.25, -0.2) is 0 Å². The molecule has 6 nitrogen and oxygen atoms in total. The van der Waals surface area contributed by atoms with Gasteiger partial charge in [-0.1, -0.05) is 267 Å². The van der Waals surface area contributed by atoms with Crippen molar-refractivity contribution < 1.29 is 15.3 Å². The van der Waals surface area contributed by atoms with Gasteiger partial charge in [-0.05, 0) is 123 Å². The molecule has 0 aromatic heterocycles. The quantitative estimate of drug-likeness (QED) is 0.0359.